The van der Waals surface area contributed by atoms with Crippen molar-refractivity contribution in [3.63, 3.8) is 0 Å². The highest BCUT2D eigenvalue weighted by Crippen LogP contribution is 2.43. The zero-order valence-electron chi connectivity index (χ0n) is 28.5. The molecule has 2 bridgehead atoms. The zero-order valence-corrected chi connectivity index (χ0v) is 34.0. The maximum absolute atomic E-state index is 11.8. The molecule has 0 radical (unpaired) electrons. The van der Waals surface area contributed by atoms with Crippen molar-refractivity contribution in [2.75, 3.05) is 84.0 Å². The SMILES string of the molecule is O=P(O)(O)CN(CCCCC(CCCN(CP(=O)(O)O)CP(=O)(O)O)CN(CP(=O)(O)O)CP(=O)(O)O)CC(O)COCCC[Si]12OCC(CO1)O2. The normalized spacial score (nSPS) is 21.5. The van der Waals surface area contributed by atoms with Gasteiger partial charge in [-0.3, -0.25) is 37.5 Å². The number of hydrogen-bond donors (Lipinski definition) is 11. The lowest BCUT2D eigenvalue weighted by molar-refractivity contribution is 0.0179. The van der Waals surface area contributed by atoms with Gasteiger partial charge in [0.2, 0.25) is 0 Å². The molecule has 2 aliphatic heterocycles. The van der Waals surface area contributed by atoms with Crippen molar-refractivity contribution in [2.24, 2.45) is 5.92 Å². The summed E-state index contributed by atoms with van der Waals surface area (Å²) in [5, 5.41) is 10.5. The zero-order chi connectivity index (χ0) is 39.4. The van der Waals surface area contributed by atoms with Gasteiger partial charge in [-0.25, -0.2) is 0 Å². The molecule has 2 atom stereocenters. The first-order chi connectivity index (χ1) is 23.7. The molecule has 2 saturated heterocycles. The molecule has 0 aromatic heterocycles. The molecular formula is C23H54N3O20P5Si. The van der Waals surface area contributed by atoms with Crippen LogP contribution in [0.3, 0.4) is 0 Å². The van der Waals surface area contributed by atoms with Crippen molar-refractivity contribution >= 4 is 46.8 Å². The molecule has 52 heavy (non-hydrogen) atoms. The van der Waals surface area contributed by atoms with Gasteiger partial charge in [-0.15, -0.1) is 0 Å². The average Bonchev–Trinajstić information content (AvgIpc) is 3.52. The third kappa shape index (κ3) is 23.7. The minimum atomic E-state index is -4.78. The van der Waals surface area contributed by atoms with Crippen molar-refractivity contribution in [3.05, 3.63) is 0 Å². The molecule has 11 N–H and O–H groups in total. The average molecular weight is 876 g/mol. The Kier molecular flexibility index (Phi) is 20.1. The topological polar surface area (TPSA) is 355 Å². The third-order valence-electron chi connectivity index (χ3n) is 7.74. The summed E-state index contributed by atoms with van der Waals surface area (Å²) >= 11 is 0. The monoisotopic (exact) mass is 875 g/mol. The predicted molar refractivity (Wildman–Crippen MR) is 185 cm³/mol. The molecule has 2 aliphatic rings. The van der Waals surface area contributed by atoms with Crippen LogP contribution in [0.2, 0.25) is 6.04 Å². The second-order valence-corrected chi connectivity index (χ2v) is 24.0. The molecule has 0 saturated carbocycles. The maximum atomic E-state index is 11.8. The number of fused-ring (bicyclic) bond motifs is 2. The van der Waals surface area contributed by atoms with Crippen LogP contribution < -0.4 is 0 Å². The van der Waals surface area contributed by atoms with E-state index in [-0.39, 0.29) is 64.8 Å². The molecular weight excluding hydrogens is 821 g/mol. The number of unbranched alkanes of at least 4 members (excludes halogenated alkanes) is 1. The van der Waals surface area contributed by atoms with Gasteiger partial charge in [-0.2, -0.15) is 0 Å². The van der Waals surface area contributed by atoms with E-state index in [4.69, 9.17) is 18.0 Å². The fourth-order valence-corrected chi connectivity index (χ4v) is 12.8. The quantitative estimate of drug-likeness (QED) is 0.0251. The fraction of sp³-hybridized carbons (Fsp3) is 1.00. The van der Waals surface area contributed by atoms with Crippen molar-refractivity contribution in [1.82, 2.24) is 14.7 Å². The highest BCUT2D eigenvalue weighted by molar-refractivity contribution is 7.53. The van der Waals surface area contributed by atoms with Crippen LogP contribution in [0, 0.1) is 5.92 Å². The Labute approximate surface area is 302 Å². The van der Waals surface area contributed by atoms with Crippen LogP contribution in [-0.2, 0) is 40.8 Å². The van der Waals surface area contributed by atoms with Crippen LogP contribution in [-0.4, -0.2) is 174 Å². The van der Waals surface area contributed by atoms with E-state index in [0.717, 1.165) is 9.80 Å². The second kappa shape index (κ2) is 21.4. The van der Waals surface area contributed by atoms with E-state index in [1.165, 1.54) is 4.90 Å². The van der Waals surface area contributed by atoms with E-state index in [9.17, 15) is 76.9 Å². The van der Waals surface area contributed by atoms with Gasteiger partial charge in [0.15, 0.2) is 0 Å². The number of ether oxygens (including phenoxy) is 1. The van der Waals surface area contributed by atoms with Gasteiger partial charge >= 0.3 is 46.8 Å². The summed E-state index contributed by atoms with van der Waals surface area (Å²) in [6.45, 7) is 0.703. The van der Waals surface area contributed by atoms with E-state index in [0.29, 0.717) is 38.5 Å². The fourth-order valence-electron chi connectivity index (χ4n) is 6.02. The van der Waals surface area contributed by atoms with Crippen molar-refractivity contribution in [2.45, 2.75) is 56.8 Å². The van der Waals surface area contributed by atoms with Crippen molar-refractivity contribution in [1.29, 1.82) is 0 Å². The van der Waals surface area contributed by atoms with E-state index in [2.05, 4.69) is 0 Å². The number of aliphatic hydroxyl groups excluding tert-OH is 1. The van der Waals surface area contributed by atoms with E-state index in [1.807, 2.05) is 0 Å². The molecule has 0 spiro atoms. The molecule has 2 fully saturated rings. The summed E-state index contributed by atoms with van der Waals surface area (Å²) in [4.78, 5) is 97.7. The Bertz CT molecular complexity index is 1270. The van der Waals surface area contributed by atoms with Gasteiger partial charge in [0.1, 0.15) is 31.4 Å². The van der Waals surface area contributed by atoms with E-state index < -0.39 is 90.2 Å². The van der Waals surface area contributed by atoms with Crippen LogP contribution in [0.5, 0.6) is 0 Å². The largest absolute Gasteiger partial charge is 0.501 e. The third-order valence-corrected chi connectivity index (χ3v) is 14.4. The van der Waals surface area contributed by atoms with Gasteiger partial charge < -0.3 is 72.1 Å². The van der Waals surface area contributed by atoms with Crippen LogP contribution in [0.25, 0.3) is 0 Å². The summed E-state index contributed by atoms with van der Waals surface area (Å²) in [5.41, 5.74) is 0. The molecule has 0 amide bonds. The Balaban J connectivity index is 1.98. The van der Waals surface area contributed by atoms with Gasteiger partial charge in [-0.1, -0.05) is 6.42 Å². The number of rotatable bonds is 29. The summed E-state index contributed by atoms with van der Waals surface area (Å²) in [6.07, 6.45) is -3.96. The Morgan fingerprint density at radius 3 is 1.56 bits per heavy atom. The highest BCUT2D eigenvalue weighted by atomic mass is 31.2. The molecule has 0 aromatic carbocycles. The number of aliphatic hydroxyl groups is 1. The lowest BCUT2D eigenvalue weighted by atomic mass is 9.96. The number of hydrogen-bond acceptors (Lipinski definition) is 13. The van der Waals surface area contributed by atoms with Gasteiger partial charge in [0, 0.05) is 25.7 Å². The molecule has 310 valence electrons. The van der Waals surface area contributed by atoms with E-state index >= 15 is 0 Å². The highest BCUT2D eigenvalue weighted by Gasteiger charge is 2.54. The minimum absolute atomic E-state index is 0.0303. The molecule has 2 unspecified atom stereocenters. The summed E-state index contributed by atoms with van der Waals surface area (Å²) in [6, 6.07) is 0.556. The number of nitrogens with zero attached hydrogens (tertiary/aromatic N) is 3. The van der Waals surface area contributed by atoms with Crippen molar-refractivity contribution in [3.8, 4) is 0 Å². The van der Waals surface area contributed by atoms with Gasteiger partial charge in [0.05, 0.1) is 32.0 Å². The second-order valence-electron chi connectivity index (χ2n) is 13.2. The molecule has 0 aliphatic carbocycles. The summed E-state index contributed by atoms with van der Waals surface area (Å²) in [7, 11) is -26.2. The van der Waals surface area contributed by atoms with Crippen LogP contribution in [0.1, 0.15) is 38.5 Å². The summed E-state index contributed by atoms with van der Waals surface area (Å²) in [5.74, 6) is -0.539. The summed E-state index contributed by atoms with van der Waals surface area (Å²) < 4.78 is 80.9. The van der Waals surface area contributed by atoms with Crippen molar-refractivity contribution < 1.29 is 94.9 Å². The maximum Gasteiger partial charge on any atom is 0.501 e. The lowest BCUT2D eigenvalue weighted by Gasteiger charge is -2.29. The van der Waals surface area contributed by atoms with Crippen LogP contribution >= 0.6 is 38.0 Å². The minimum Gasteiger partial charge on any atom is -0.389 e. The smallest absolute Gasteiger partial charge is 0.389 e. The first-order valence-electron chi connectivity index (χ1n) is 16.3. The van der Waals surface area contributed by atoms with Crippen LogP contribution in [0.4, 0.5) is 0 Å². The van der Waals surface area contributed by atoms with Crippen LogP contribution in [0.15, 0.2) is 0 Å². The standard InChI is InChI=1S/C23H54N3O20P5Si/c27-22(13-43-9-4-10-52-44-14-23(46-52)15-45-52)12-24(16-47(28,29)30)7-2-1-5-21(11-26(19-50(37,38)39)20-51(40,41)42)6-3-8-25(17-48(31,32)33)18-49(34,35)36/h21-23,27H,1-20H2,(H2,28,29,30)(H2,31,32,33)(H2,34,35,36)(H2,37,38,39)(H2,40,41,42). The first-order valence-corrected chi connectivity index (χ1v) is 27.2. The Morgan fingerprint density at radius 2 is 1.08 bits per heavy atom. The Morgan fingerprint density at radius 1 is 0.615 bits per heavy atom. The molecule has 2 rings (SSSR count). The molecule has 23 nitrogen and oxygen atoms in total. The lowest BCUT2D eigenvalue weighted by Crippen LogP contribution is -2.38. The van der Waals surface area contributed by atoms with Gasteiger partial charge in [0.25, 0.3) is 0 Å². The molecule has 0 aromatic rings. The predicted octanol–water partition coefficient (Wildman–Crippen LogP) is -0.713. The Hall–Kier alpha value is 0.647. The molecule has 2 heterocycles. The van der Waals surface area contributed by atoms with Gasteiger partial charge in [-0.05, 0) is 51.1 Å². The first kappa shape index (κ1) is 48.8. The van der Waals surface area contributed by atoms with E-state index in [1.54, 1.807) is 0 Å². The molecule has 29 heteroatoms.